The average molecular weight is 408 g/mol. The molecule has 1 saturated heterocycles. The zero-order valence-corrected chi connectivity index (χ0v) is 16.9. The van der Waals surface area contributed by atoms with Crippen molar-refractivity contribution in [1.82, 2.24) is 40.2 Å². The van der Waals surface area contributed by atoms with Crippen molar-refractivity contribution < 1.29 is 9.53 Å². The van der Waals surface area contributed by atoms with E-state index in [1.54, 1.807) is 0 Å². The number of piperidine rings is 1. The van der Waals surface area contributed by atoms with Gasteiger partial charge in [-0.25, -0.2) is 0 Å². The standard InChI is InChI=1S/C20H24N8O2/c1-15-12-30-13-17(15)27-11-7-20(19(27)29)5-9-26(10-6-20)8-4-16-2-3-18(23-22-16)28-14-21-24-25-28/h2-3,7,11,14H,4-6,8-10,12-13H2,1H3. The monoisotopic (exact) mass is 408 g/mol. The van der Waals surface area contributed by atoms with E-state index in [4.69, 9.17) is 4.74 Å². The number of rotatable bonds is 5. The van der Waals surface area contributed by atoms with E-state index in [0.717, 1.165) is 55.9 Å². The third-order valence-electron chi connectivity index (χ3n) is 6.25. The molecule has 0 unspecified atom stereocenters. The molecule has 1 spiro atoms. The fourth-order valence-electron chi connectivity index (χ4n) is 4.29. The predicted octanol–water partition coefficient (Wildman–Crippen LogP) is 0.737. The molecule has 1 fully saturated rings. The molecule has 0 atom stereocenters. The van der Waals surface area contributed by atoms with Crippen LogP contribution in [0.5, 0.6) is 0 Å². The second-order valence-electron chi connectivity index (χ2n) is 8.10. The molecular formula is C20H24N8O2. The van der Waals surface area contributed by atoms with Gasteiger partial charge in [0.25, 0.3) is 0 Å². The highest BCUT2D eigenvalue weighted by atomic mass is 16.5. The maximum absolute atomic E-state index is 13.2. The Bertz CT molecular complexity index is 975. The van der Waals surface area contributed by atoms with Crippen LogP contribution < -0.4 is 0 Å². The molecule has 30 heavy (non-hydrogen) atoms. The van der Waals surface area contributed by atoms with Gasteiger partial charge in [-0.3, -0.25) is 9.69 Å². The van der Waals surface area contributed by atoms with Gasteiger partial charge in [-0.15, -0.1) is 10.2 Å². The molecule has 1 amide bonds. The minimum atomic E-state index is -0.361. The molecule has 0 N–H and O–H groups in total. The number of amides is 1. The lowest BCUT2D eigenvalue weighted by Gasteiger charge is -2.37. The number of carbonyl (C=O) groups excluding carboxylic acids is 1. The van der Waals surface area contributed by atoms with E-state index in [1.807, 2.05) is 30.2 Å². The molecule has 156 valence electrons. The number of nitrogens with zero attached hydrogens (tertiary/aromatic N) is 8. The van der Waals surface area contributed by atoms with Gasteiger partial charge in [0.15, 0.2) is 5.82 Å². The smallest absolute Gasteiger partial charge is 0.241 e. The third-order valence-corrected chi connectivity index (χ3v) is 6.25. The quantitative estimate of drug-likeness (QED) is 0.714. The van der Waals surface area contributed by atoms with Crippen molar-refractivity contribution in [3.63, 3.8) is 0 Å². The van der Waals surface area contributed by atoms with Crippen LogP contribution in [-0.2, 0) is 16.0 Å². The lowest BCUT2D eigenvalue weighted by atomic mass is 9.78. The second-order valence-corrected chi connectivity index (χ2v) is 8.10. The highest BCUT2D eigenvalue weighted by molar-refractivity contribution is 5.90. The first kappa shape index (κ1) is 19.0. The van der Waals surface area contributed by atoms with Gasteiger partial charge >= 0.3 is 0 Å². The first-order valence-electron chi connectivity index (χ1n) is 10.2. The summed E-state index contributed by atoms with van der Waals surface area (Å²) in [5.41, 5.74) is 2.73. The van der Waals surface area contributed by atoms with Gasteiger partial charge in [-0.05, 0) is 61.0 Å². The van der Waals surface area contributed by atoms with Crippen LogP contribution in [0.2, 0.25) is 0 Å². The van der Waals surface area contributed by atoms with E-state index in [-0.39, 0.29) is 11.3 Å². The maximum atomic E-state index is 13.2. The summed E-state index contributed by atoms with van der Waals surface area (Å²) in [6.07, 6.45) is 8.05. The van der Waals surface area contributed by atoms with Crippen molar-refractivity contribution >= 4 is 5.91 Å². The number of hydrogen-bond acceptors (Lipinski definition) is 8. The van der Waals surface area contributed by atoms with E-state index in [9.17, 15) is 4.79 Å². The van der Waals surface area contributed by atoms with Crippen molar-refractivity contribution in [3.05, 3.63) is 47.7 Å². The number of carbonyl (C=O) groups is 1. The van der Waals surface area contributed by atoms with Crippen LogP contribution >= 0.6 is 0 Å². The average Bonchev–Trinajstić information content (AvgIpc) is 3.51. The van der Waals surface area contributed by atoms with Crippen molar-refractivity contribution in [2.24, 2.45) is 5.41 Å². The summed E-state index contributed by atoms with van der Waals surface area (Å²) in [6, 6.07) is 3.82. The molecule has 0 aromatic carbocycles. The molecule has 10 nitrogen and oxygen atoms in total. The predicted molar refractivity (Wildman–Crippen MR) is 106 cm³/mol. The van der Waals surface area contributed by atoms with E-state index >= 15 is 0 Å². The molecule has 2 aromatic rings. The van der Waals surface area contributed by atoms with Crippen LogP contribution in [0.1, 0.15) is 25.5 Å². The SMILES string of the molecule is CC1=C(N2C=CC3(CCN(CCc4ccc(-n5cnnn5)nn4)CC3)C2=O)COC1. The van der Waals surface area contributed by atoms with Crippen LogP contribution in [0.15, 0.2) is 42.0 Å². The summed E-state index contributed by atoms with van der Waals surface area (Å²) in [6.45, 7) is 5.87. The Balaban J connectivity index is 1.15. The highest BCUT2D eigenvalue weighted by Gasteiger charge is 2.46. The molecule has 0 radical (unpaired) electrons. The molecule has 3 aliphatic rings. The first-order chi connectivity index (χ1) is 14.6. The second kappa shape index (κ2) is 7.69. The molecule has 2 aromatic heterocycles. The van der Waals surface area contributed by atoms with Gasteiger partial charge < -0.3 is 9.64 Å². The van der Waals surface area contributed by atoms with E-state index in [0.29, 0.717) is 19.0 Å². The summed E-state index contributed by atoms with van der Waals surface area (Å²) in [5.74, 6) is 0.795. The molecule has 5 heterocycles. The Morgan fingerprint density at radius 3 is 2.70 bits per heavy atom. The van der Waals surface area contributed by atoms with E-state index < -0.39 is 0 Å². The van der Waals surface area contributed by atoms with Crippen LogP contribution in [0.3, 0.4) is 0 Å². The normalized spacial score (nSPS) is 21.4. The number of likely N-dealkylation sites (tertiary alicyclic amines) is 1. The molecule has 0 saturated carbocycles. The van der Waals surface area contributed by atoms with E-state index in [2.05, 4.69) is 36.7 Å². The minimum Gasteiger partial charge on any atom is -0.371 e. The Labute approximate surface area is 174 Å². The highest BCUT2D eigenvalue weighted by Crippen LogP contribution is 2.41. The third kappa shape index (κ3) is 3.41. The summed E-state index contributed by atoms with van der Waals surface area (Å²) in [7, 11) is 0. The summed E-state index contributed by atoms with van der Waals surface area (Å²) >= 11 is 0. The Morgan fingerprint density at radius 1 is 1.17 bits per heavy atom. The summed E-state index contributed by atoms with van der Waals surface area (Å²) in [5, 5.41) is 19.5. The van der Waals surface area contributed by atoms with Gasteiger partial charge in [0.05, 0.1) is 30.0 Å². The largest absolute Gasteiger partial charge is 0.371 e. The molecule has 3 aliphatic heterocycles. The summed E-state index contributed by atoms with van der Waals surface area (Å²) in [4.78, 5) is 17.4. The van der Waals surface area contributed by atoms with Gasteiger partial charge in [0, 0.05) is 19.2 Å². The summed E-state index contributed by atoms with van der Waals surface area (Å²) < 4.78 is 6.97. The van der Waals surface area contributed by atoms with Gasteiger partial charge in [-0.1, -0.05) is 6.08 Å². The number of aromatic nitrogens is 6. The van der Waals surface area contributed by atoms with E-state index in [1.165, 1.54) is 11.0 Å². The van der Waals surface area contributed by atoms with Crippen LogP contribution in [0.25, 0.3) is 5.82 Å². The Hall–Kier alpha value is -2.98. The lowest BCUT2D eigenvalue weighted by Crippen LogP contribution is -2.45. The number of hydrogen-bond donors (Lipinski definition) is 0. The minimum absolute atomic E-state index is 0.200. The van der Waals surface area contributed by atoms with Crippen molar-refractivity contribution in [2.75, 3.05) is 32.8 Å². The van der Waals surface area contributed by atoms with Gasteiger partial charge in [0.2, 0.25) is 5.91 Å². The van der Waals surface area contributed by atoms with Crippen molar-refractivity contribution in [1.29, 1.82) is 0 Å². The first-order valence-corrected chi connectivity index (χ1v) is 10.2. The fraction of sp³-hybridized carbons (Fsp3) is 0.500. The van der Waals surface area contributed by atoms with Crippen molar-refractivity contribution in [2.45, 2.75) is 26.2 Å². The van der Waals surface area contributed by atoms with Crippen molar-refractivity contribution in [3.8, 4) is 5.82 Å². The maximum Gasteiger partial charge on any atom is 0.241 e. The lowest BCUT2D eigenvalue weighted by molar-refractivity contribution is -0.135. The van der Waals surface area contributed by atoms with Crippen LogP contribution in [0.4, 0.5) is 0 Å². The Kier molecular flexibility index (Phi) is 4.87. The van der Waals surface area contributed by atoms with Gasteiger partial charge in [-0.2, -0.15) is 9.78 Å². The molecular weight excluding hydrogens is 384 g/mol. The number of tetrazole rings is 1. The number of ether oxygens (including phenoxy) is 1. The molecule has 10 heteroatoms. The molecule has 5 rings (SSSR count). The van der Waals surface area contributed by atoms with Crippen LogP contribution in [-0.4, -0.2) is 79.0 Å². The topological polar surface area (TPSA) is 102 Å². The fourth-order valence-corrected chi connectivity index (χ4v) is 4.29. The molecule has 0 aliphatic carbocycles. The Morgan fingerprint density at radius 2 is 2.03 bits per heavy atom. The van der Waals surface area contributed by atoms with Crippen LogP contribution in [0, 0.1) is 5.41 Å². The molecule has 0 bridgehead atoms. The zero-order valence-electron chi connectivity index (χ0n) is 16.9. The van der Waals surface area contributed by atoms with Gasteiger partial charge in [0.1, 0.15) is 6.33 Å². The zero-order chi connectivity index (χ0) is 20.6.